The second kappa shape index (κ2) is 6.71. The number of hydrogen-bond acceptors (Lipinski definition) is 3. The van der Waals surface area contributed by atoms with Crippen molar-refractivity contribution in [3.63, 3.8) is 0 Å². The van der Waals surface area contributed by atoms with Crippen LogP contribution < -0.4 is 5.32 Å². The lowest BCUT2D eigenvalue weighted by molar-refractivity contribution is 0.303. The molecule has 0 atom stereocenters. The first kappa shape index (κ1) is 11.4. The molecular weight excluding hydrogens is 204 g/mol. The smallest absolute Gasteiger partial charge is 0.0307 e. The highest BCUT2D eigenvalue weighted by Crippen LogP contribution is 2.07. The summed E-state index contributed by atoms with van der Waals surface area (Å²) in [6.07, 6.45) is 0. The van der Waals surface area contributed by atoms with E-state index in [4.69, 9.17) is 11.6 Å². The Morgan fingerprint density at radius 1 is 1.46 bits per heavy atom. The lowest BCUT2D eigenvalue weighted by Gasteiger charge is -2.25. The zero-order valence-corrected chi connectivity index (χ0v) is 9.46. The molecule has 0 aliphatic carbocycles. The molecule has 1 fully saturated rings. The van der Waals surface area contributed by atoms with Gasteiger partial charge in [0.05, 0.1) is 0 Å². The van der Waals surface area contributed by atoms with Crippen LogP contribution in [-0.4, -0.2) is 49.1 Å². The van der Waals surface area contributed by atoms with E-state index in [1.54, 1.807) is 0 Å². The Kier molecular flexibility index (Phi) is 5.87. The van der Waals surface area contributed by atoms with Gasteiger partial charge in [0, 0.05) is 49.3 Å². The molecule has 0 aromatic rings. The molecule has 0 unspecified atom stereocenters. The van der Waals surface area contributed by atoms with Gasteiger partial charge in [-0.25, -0.2) is 0 Å². The van der Waals surface area contributed by atoms with Crippen LogP contribution in [0.15, 0.2) is 11.6 Å². The van der Waals surface area contributed by atoms with Crippen molar-refractivity contribution in [2.24, 2.45) is 0 Å². The molecule has 0 saturated carbocycles. The van der Waals surface area contributed by atoms with Gasteiger partial charge in [0.15, 0.2) is 0 Å². The zero-order valence-electron chi connectivity index (χ0n) is 7.89. The minimum atomic E-state index is 0.689. The maximum absolute atomic E-state index is 5.63. The summed E-state index contributed by atoms with van der Waals surface area (Å²) in [5.74, 6) is 2.56. The number of hydrogen-bond donors (Lipinski definition) is 1. The Labute approximate surface area is 89.7 Å². The van der Waals surface area contributed by atoms with E-state index in [1.165, 1.54) is 24.6 Å². The normalized spacial score (nSPS) is 18.8. The maximum Gasteiger partial charge on any atom is 0.0307 e. The van der Waals surface area contributed by atoms with Crippen molar-refractivity contribution in [3.05, 3.63) is 11.6 Å². The second-order valence-electron chi connectivity index (χ2n) is 3.15. The molecule has 0 radical (unpaired) electrons. The van der Waals surface area contributed by atoms with E-state index in [9.17, 15) is 0 Å². The highest BCUT2D eigenvalue weighted by molar-refractivity contribution is 7.99. The number of thioether (sulfide) groups is 1. The van der Waals surface area contributed by atoms with Crippen molar-refractivity contribution in [2.45, 2.75) is 0 Å². The van der Waals surface area contributed by atoms with Gasteiger partial charge in [-0.1, -0.05) is 18.2 Å². The molecule has 0 spiro atoms. The first-order valence-electron chi connectivity index (χ1n) is 4.63. The topological polar surface area (TPSA) is 15.3 Å². The van der Waals surface area contributed by atoms with Crippen LogP contribution in [-0.2, 0) is 0 Å². The quantitative estimate of drug-likeness (QED) is 0.705. The standard InChI is InChI=1S/C9H17ClN2S/c1-9(10)8-11-2-3-12-4-6-13-7-5-12/h11H,1-8H2. The van der Waals surface area contributed by atoms with Crippen LogP contribution >= 0.6 is 23.4 Å². The number of nitrogens with one attached hydrogen (secondary N) is 1. The SMILES string of the molecule is C=C(Cl)CNCCN1CCSCC1. The average molecular weight is 221 g/mol. The van der Waals surface area contributed by atoms with Crippen LogP contribution in [0, 0.1) is 0 Å². The Morgan fingerprint density at radius 3 is 2.77 bits per heavy atom. The van der Waals surface area contributed by atoms with E-state index in [0.717, 1.165) is 19.6 Å². The van der Waals surface area contributed by atoms with E-state index >= 15 is 0 Å². The lowest BCUT2D eigenvalue weighted by atomic mass is 10.4. The van der Waals surface area contributed by atoms with E-state index in [2.05, 4.69) is 16.8 Å². The van der Waals surface area contributed by atoms with Gasteiger partial charge in [-0.2, -0.15) is 11.8 Å². The number of halogens is 1. The second-order valence-corrected chi connectivity index (χ2v) is 4.91. The summed E-state index contributed by atoms with van der Waals surface area (Å²) in [4.78, 5) is 2.49. The highest BCUT2D eigenvalue weighted by atomic mass is 35.5. The van der Waals surface area contributed by atoms with Crippen molar-refractivity contribution in [1.29, 1.82) is 0 Å². The number of nitrogens with zero attached hydrogens (tertiary/aromatic N) is 1. The van der Waals surface area contributed by atoms with Crippen molar-refractivity contribution in [3.8, 4) is 0 Å². The molecule has 0 bridgehead atoms. The summed E-state index contributed by atoms with van der Waals surface area (Å²) in [5, 5.41) is 3.94. The van der Waals surface area contributed by atoms with E-state index in [0.29, 0.717) is 5.03 Å². The third-order valence-corrected chi connectivity index (χ3v) is 3.10. The molecule has 1 aliphatic heterocycles. The van der Waals surface area contributed by atoms with Crippen LogP contribution in [0.5, 0.6) is 0 Å². The average Bonchev–Trinajstić information content (AvgIpc) is 2.14. The maximum atomic E-state index is 5.63. The van der Waals surface area contributed by atoms with Gasteiger partial charge in [-0.05, 0) is 0 Å². The fraction of sp³-hybridized carbons (Fsp3) is 0.778. The third kappa shape index (κ3) is 5.57. The molecule has 1 saturated heterocycles. The first-order chi connectivity index (χ1) is 6.29. The van der Waals surface area contributed by atoms with Crippen LogP contribution in [0.2, 0.25) is 0 Å². The molecule has 1 aliphatic rings. The monoisotopic (exact) mass is 220 g/mol. The summed E-state index contributed by atoms with van der Waals surface area (Å²) in [5.41, 5.74) is 0. The number of rotatable bonds is 5. The Hall–Kier alpha value is 0.300. The molecular formula is C9H17ClN2S. The molecule has 1 N–H and O–H groups in total. The molecule has 4 heteroatoms. The van der Waals surface area contributed by atoms with Gasteiger partial charge in [0.25, 0.3) is 0 Å². The predicted molar refractivity (Wildman–Crippen MR) is 61.6 cm³/mol. The van der Waals surface area contributed by atoms with E-state index in [-0.39, 0.29) is 0 Å². The van der Waals surface area contributed by atoms with Gasteiger partial charge in [0.1, 0.15) is 0 Å². The van der Waals surface area contributed by atoms with E-state index < -0.39 is 0 Å². The van der Waals surface area contributed by atoms with Gasteiger partial charge in [0.2, 0.25) is 0 Å². The van der Waals surface area contributed by atoms with Crippen LogP contribution in [0.1, 0.15) is 0 Å². The minimum absolute atomic E-state index is 0.689. The highest BCUT2D eigenvalue weighted by Gasteiger charge is 2.08. The van der Waals surface area contributed by atoms with Crippen molar-refractivity contribution in [2.75, 3.05) is 44.2 Å². The van der Waals surface area contributed by atoms with Gasteiger partial charge < -0.3 is 10.2 Å². The molecule has 1 rings (SSSR count). The third-order valence-electron chi connectivity index (χ3n) is 2.03. The minimum Gasteiger partial charge on any atom is -0.311 e. The molecule has 76 valence electrons. The van der Waals surface area contributed by atoms with Crippen molar-refractivity contribution < 1.29 is 0 Å². The summed E-state index contributed by atoms with van der Waals surface area (Å²) in [6, 6.07) is 0. The fourth-order valence-electron chi connectivity index (χ4n) is 1.29. The van der Waals surface area contributed by atoms with Gasteiger partial charge in [-0.3, -0.25) is 0 Å². The van der Waals surface area contributed by atoms with Crippen LogP contribution in [0.3, 0.4) is 0 Å². The lowest BCUT2D eigenvalue weighted by Crippen LogP contribution is -2.37. The largest absolute Gasteiger partial charge is 0.311 e. The summed E-state index contributed by atoms with van der Waals surface area (Å²) >= 11 is 7.67. The molecule has 0 aromatic heterocycles. The molecule has 2 nitrogen and oxygen atoms in total. The van der Waals surface area contributed by atoms with Crippen molar-refractivity contribution >= 4 is 23.4 Å². The zero-order chi connectivity index (χ0) is 9.52. The molecule has 0 amide bonds. The van der Waals surface area contributed by atoms with Crippen LogP contribution in [0.4, 0.5) is 0 Å². The predicted octanol–water partition coefficient (Wildman–Crippen LogP) is 1.38. The Morgan fingerprint density at radius 2 is 2.15 bits per heavy atom. The first-order valence-corrected chi connectivity index (χ1v) is 6.16. The molecule has 13 heavy (non-hydrogen) atoms. The fourth-order valence-corrected chi connectivity index (χ4v) is 2.36. The summed E-state index contributed by atoms with van der Waals surface area (Å²) in [7, 11) is 0. The van der Waals surface area contributed by atoms with Crippen LogP contribution in [0.25, 0.3) is 0 Å². The van der Waals surface area contributed by atoms with E-state index in [1.807, 2.05) is 11.8 Å². The van der Waals surface area contributed by atoms with Gasteiger partial charge >= 0.3 is 0 Å². The summed E-state index contributed by atoms with van der Waals surface area (Å²) < 4.78 is 0. The molecule has 1 heterocycles. The van der Waals surface area contributed by atoms with Crippen molar-refractivity contribution in [1.82, 2.24) is 10.2 Å². The van der Waals surface area contributed by atoms with Gasteiger partial charge in [-0.15, -0.1) is 0 Å². The Bertz CT molecular complexity index is 158. The Balaban J connectivity index is 1.95. The molecule has 0 aromatic carbocycles. The summed E-state index contributed by atoms with van der Waals surface area (Å²) in [6.45, 7) is 8.95.